The van der Waals surface area contributed by atoms with Crippen LogP contribution < -0.4 is 4.74 Å². The van der Waals surface area contributed by atoms with Crippen LogP contribution >= 0.6 is 0 Å². The van der Waals surface area contributed by atoms with Gasteiger partial charge in [-0.2, -0.15) is 0 Å². The topological polar surface area (TPSA) is 12.5 Å². The lowest BCUT2D eigenvalue weighted by molar-refractivity contribution is 0.123. The maximum atomic E-state index is 14.9. The third-order valence-corrected chi connectivity index (χ3v) is 4.56. The number of rotatable bonds is 5. The van der Waals surface area contributed by atoms with Crippen LogP contribution in [-0.2, 0) is 0 Å². The summed E-state index contributed by atoms with van der Waals surface area (Å²) in [6, 6.07) is 10.9. The molecule has 0 amide bonds. The summed E-state index contributed by atoms with van der Waals surface area (Å²) in [7, 11) is 1.29. The average Bonchev–Trinajstić information content (AvgIpc) is 2.73. The molecule has 0 aromatic heterocycles. The third kappa shape index (κ3) is 4.75. The van der Waals surface area contributed by atoms with Gasteiger partial charge in [0.25, 0.3) is 6.43 Å². The van der Waals surface area contributed by atoms with Crippen LogP contribution in [0.5, 0.6) is 5.75 Å². The molecule has 3 rings (SSSR count). The minimum atomic E-state index is -2.72. The van der Waals surface area contributed by atoms with Crippen LogP contribution in [-0.4, -0.2) is 25.0 Å². The lowest BCUT2D eigenvalue weighted by Gasteiger charge is -2.35. The van der Waals surface area contributed by atoms with Crippen molar-refractivity contribution in [2.45, 2.75) is 27.2 Å². The van der Waals surface area contributed by atoms with Gasteiger partial charge in [0.2, 0.25) is 0 Å². The second kappa shape index (κ2) is 10.1. The van der Waals surface area contributed by atoms with Crippen molar-refractivity contribution in [1.82, 2.24) is 4.90 Å². The number of hydrogen-bond acceptors (Lipinski definition) is 2. The van der Waals surface area contributed by atoms with Gasteiger partial charge in [0.1, 0.15) is 17.4 Å². The largest absolute Gasteiger partial charge is 0.497 e. The van der Waals surface area contributed by atoms with Gasteiger partial charge in [-0.15, -0.1) is 0 Å². The molecule has 2 aromatic rings. The van der Waals surface area contributed by atoms with Gasteiger partial charge >= 0.3 is 0 Å². The fraction of sp³-hybridized carbons (Fsp3) is 0.250. The molecule has 6 heteroatoms. The van der Waals surface area contributed by atoms with Gasteiger partial charge < -0.3 is 9.64 Å². The van der Waals surface area contributed by atoms with Crippen molar-refractivity contribution in [2.75, 3.05) is 13.7 Å². The van der Waals surface area contributed by atoms with Crippen LogP contribution in [0, 0.1) is 11.6 Å². The molecule has 0 bridgehead atoms. The van der Waals surface area contributed by atoms with E-state index in [2.05, 4.69) is 6.58 Å². The fourth-order valence-electron chi connectivity index (χ4n) is 3.20. The molecule has 0 unspecified atom stereocenters. The summed E-state index contributed by atoms with van der Waals surface area (Å²) < 4.78 is 61.3. The first kappa shape index (κ1) is 23.3. The van der Waals surface area contributed by atoms with Crippen molar-refractivity contribution in [2.24, 2.45) is 0 Å². The third-order valence-electron chi connectivity index (χ3n) is 4.56. The minimum absolute atomic E-state index is 0.00220. The number of nitrogens with zero attached hydrogens (tertiary/aromatic N) is 1. The zero-order valence-electron chi connectivity index (χ0n) is 17.5. The molecule has 0 aliphatic carbocycles. The molecule has 2 aromatic carbocycles. The first-order valence-corrected chi connectivity index (χ1v) is 9.59. The normalized spacial score (nSPS) is 13.8. The monoisotopic (exact) mass is 419 g/mol. The number of hydrogen-bond donors (Lipinski definition) is 0. The van der Waals surface area contributed by atoms with Gasteiger partial charge in [0.05, 0.1) is 24.9 Å². The number of halogens is 4. The van der Waals surface area contributed by atoms with Gasteiger partial charge in [-0.25, -0.2) is 17.6 Å². The summed E-state index contributed by atoms with van der Waals surface area (Å²) in [6.07, 6.45) is -1.02. The van der Waals surface area contributed by atoms with Crippen molar-refractivity contribution in [1.29, 1.82) is 0 Å². The molecular weight excluding hydrogens is 394 g/mol. The summed E-state index contributed by atoms with van der Waals surface area (Å²) in [5.74, 6) is -1.80. The maximum absolute atomic E-state index is 14.9. The van der Waals surface area contributed by atoms with E-state index in [1.165, 1.54) is 12.0 Å². The Morgan fingerprint density at radius 2 is 1.60 bits per heavy atom. The molecule has 0 N–H and O–H groups in total. The Balaban J connectivity index is 0.00000155. The summed E-state index contributed by atoms with van der Waals surface area (Å²) in [5, 5.41) is 0. The second-order valence-electron chi connectivity index (χ2n) is 6.37. The Bertz CT molecular complexity index is 941. The fourth-order valence-corrected chi connectivity index (χ4v) is 3.20. The quantitative estimate of drug-likeness (QED) is 0.488. The van der Waals surface area contributed by atoms with Gasteiger partial charge in [-0.3, -0.25) is 0 Å². The molecule has 0 saturated carbocycles. The number of ether oxygens (including phenoxy) is 1. The van der Waals surface area contributed by atoms with E-state index in [0.29, 0.717) is 16.7 Å². The van der Waals surface area contributed by atoms with Gasteiger partial charge in [0, 0.05) is 23.4 Å². The predicted molar refractivity (Wildman–Crippen MR) is 113 cm³/mol. The van der Waals surface area contributed by atoms with Crippen molar-refractivity contribution < 1.29 is 22.3 Å². The molecule has 1 aliphatic rings. The van der Waals surface area contributed by atoms with E-state index in [-0.39, 0.29) is 17.1 Å². The zero-order chi connectivity index (χ0) is 22.4. The molecule has 0 radical (unpaired) electrons. The number of alkyl halides is 2. The van der Waals surface area contributed by atoms with E-state index in [1.807, 2.05) is 13.8 Å². The van der Waals surface area contributed by atoms with Crippen LogP contribution in [0.15, 0.2) is 66.4 Å². The molecule has 30 heavy (non-hydrogen) atoms. The van der Waals surface area contributed by atoms with E-state index in [4.69, 9.17) is 4.74 Å². The van der Waals surface area contributed by atoms with Crippen molar-refractivity contribution in [3.05, 3.63) is 89.2 Å². The van der Waals surface area contributed by atoms with Gasteiger partial charge in [-0.05, 0) is 24.1 Å². The van der Waals surface area contributed by atoms with Crippen LogP contribution in [0.1, 0.15) is 31.9 Å². The Labute approximate surface area is 174 Å². The number of allylic oxidation sites excluding steroid dienone is 3. The highest BCUT2D eigenvalue weighted by Gasteiger charge is 2.31. The highest BCUT2D eigenvalue weighted by Crippen LogP contribution is 2.41. The first-order valence-electron chi connectivity index (χ1n) is 9.59. The first-order chi connectivity index (χ1) is 14.3. The van der Waals surface area contributed by atoms with Gasteiger partial charge in [-0.1, -0.05) is 50.8 Å². The van der Waals surface area contributed by atoms with E-state index in [1.54, 1.807) is 43.3 Å². The summed E-state index contributed by atoms with van der Waals surface area (Å²) in [5.41, 5.74) is 1.61. The minimum Gasteiger partial charge on any atom is -0.497 e. The Morgan fingerprint density at radius 3 is 2.10 bits per heavy atom. The van der Waals surface area contributed by atoms with Crippen molar-refractivity contribution >= 4 is 11.3 Å². The lowest BCUT2D eigenvalue weighted by atomic mass is 9.91. The van der Waals surface area contributed by atoms with Crippen LogP contribution in [0.25, 0.3) is 11.3 Å². The van der Waals surface area contributed by atoms with Crippen LogP contribution in [0.2, 0.25) is 0 Å². The van der Waals surface area contributed by atoms with E-state index >= 15 is 0 Å². The molecule has 1 heterocycles. The second-order valence-corrected chi connectivity index (χ2v) is 6.37. The smallest absolute Gasteiger partial charge is 0.256 e. The summed E-state index contributed by atoms with van der Waals surface area (Å²) in [6.45, 7) is 8.84. The Kier molecular flexibility index (Phi) is 7.86. The Hall–Kier alpha value is -3.02. The average molecular weight is 419 g/mol. The zero-order valence-corrected chi connectivity index (χ0v) is 17.5. The van der Waals surface area contributed by atoms with Gasteiger partial charge in [0.15, 0.2) is 0 Å². The SMILES string of the molecule is C=C1C(C)=CC(c2ccccc2)=C(c2c(F)cc(OC)cc2F)N1CC(F)F.CC. The van der Waals surface area contributed by atoms with E-state index in [0.717, 1.165) is 12.1 Å². The highest BCUT2D eigenvalue weighted by molar-refractivity contribution is 5.98. The maximum Gasteiger partial charge on any atom is 0.256 e. The summed E-state index contributed by atoms with van der Waals surface area (Å²) >= 11 is 0. The molecule has 160 valence electrons. The summed E-state index contributed by atoms with van der Waals surface area (Å²) in [4.78, 5) is 1.18. The highest BCUT2D eigenvalue weighted by atomic mass is 19.3. The van der Waals surface area contributed by atoms with Crippen molar-refractivity contribution in [3.63, 3.8) is 0 Å². The standard InChI is InChI=1S/C22H19F4NO.C2H6/c1-13-9-17(15-7-5-4-6-8-15)22(27(14(13)2)12-20(25)26)21-18(23)10-16(28-3)11-19(21)24;1-2/h4-11,20H,2,12H2,1,3H3;1-2H3. The predicted octanol–water partition coefficient (Wildman–Crippen LogP) is 6.91. The van der Waals surface area contributed by atoms with Crippen LogP contribution in [0.3, 0.4) is 0 Å². The molecule has 1 aliphatic heterocycles. The molecule has 0 saturated heterocycles. The molecule has 0 fully saturated rings. The molecular formula is C24H25F4NO. The molecule has 2 nitrogen and oxygen atoms in total. The lowest BCUT2D eigenvalue weighted by Crippen LogP contribution is -2.30. The number of benzene rings is 2. The van der Waals surface area contributed by atoms with E-state index in [9.17, 15) is 17.6 Å². The van der Waals surface area contributed by atoms with Crippen molar-refractivity contribution in [3.8, 4) is 5.75 Å². The van der Waals surface area contributed by atoms with E-state index < -0.39 is 30.2 Å². The molecule has 0 atom stereocenters. The Morgan fingerprint density at radius 1 is 1.03 bits per heavy atom. The molecule has 0 spiro atoms. The van der Waals surface area contributed by atoms with Crippen LogP contribution in [0.4, 0.5) is 17.6 Å². The number of methoxy groups -OCH3 is 1.